The lowest BCUT2D eigenvalue weighted by Crippen LogP contribution is -2.11. The van der Waals surface area contributed by atoms with E-state index in [0.717, 1.165) is 23.7 Å². The van der Waals surface area contributed by atoms with Crippen molar-refractivity contribution >= 4 is 28.1 Å². The second-order valence-electron chi connectivity index (χ2n) is 8.62. The number of benzene rings is 2. The molecule has 0 aliphatic heterocycles. The molecule has 0 fully saturated rings. The molecule has 0 amide bonds. The number of nitrogens with one attached hydrogen (secondary N) is 2. The Hall–Kier alpha value is -3.74. The van der Waals surface area contributed by atoms with Crippen molar-refractivity contribution in [3.05, 3.63) is 95.8 Å². The maximum Gasteiger partial charge on any atom is 0.416 e. The van der Waals surface area contributed by atoms with Gasteiger partial charge in [-0.2, -0.15) is 13.2 Å². The highest BCUT2D eigenvalue weighted by Crippen LogP contribution is 2.30. The second-order valence-corrected chi connectivity index (χ2v) is 8.62. The van der Waals surface area contributed by atoms with Crippen LogP contribution in [0, 0.1) is 12.3 Å². The molecule has 0 saturated heterocycles. The van der Waals surface area contributed by atoms with Crippen LogP contribution >= 0.6 is 0 Å². The molecular weight excluding hydrogens is 487 g/mol. The summed E-state index contributed by atoms with van der Waals surface area (Å²) in [7, 11) is 0. The topological polar surface area (TPSA) is 65.8 Å². The summed E-state index contributed by atoms with van der Waals surface area (Å²) in [6.07, 6.45) is 6.92. The summed E-state index contributed by atoms with van der Waals surface area (Å²) in [6, 6.07) is 14.8. The standard InChI is InChI=1S/C15H15F3N2O.C10H9N.C6H14/c1-3-10(2)14(19)13(21)7-8-20-12-6-4-5-11(9-12)15(16,17)18;1-8-6-7-11-10-5-3-2-4-9(8)10;1-3-5-6-4-2/h3-9,19-20H,1-2H3;2-7H,1H3;3-6H2,1-2H3/b8-7-,10-3+,19-14?;;. The van der Waals surface area contributed by atoms with E-state index in [-0.39, 0.29) is 11.4 Å². The van der Waals surface area contributed by atoms with Gasteiger partial charge in [-0.15, -0.1) is 0 Å². The van der Waals surface area contributed by atoms with E-state index in [2.05, 4.69) is 37.1 Å². The van der Waals surface area contributed by atoms with Crippen molar-refractivity contribution in [3.8, 4) is 0 Å². The summed E-state index contributed by atoms with van der Waals surface area (Å²) >= 11 is 0. The minimum atomic E-state index is -4.41. The van der Waals surface area contributed by atoms with E-state index in [9.17, 15) is 18.0 Å². The van der Waals surface area contributed by atoms with Gasteiger partial charge in [0.15, 0.2) is 0 Å². The van der Waals surface area contributed by atoms with Crippen LogP contribution in [-0.2, 0) is 11.0 Å². The van der Waals surface area contributed by atoms with Crippen molar-refractivity contribution in [1.82, 2.24) is 4.98 Å². The third-order valence-corrected chi connectivity index (χ3v) is 5.57. The van der Waals surface area contributed by atoms with E-state index in [4.69, 9.17) is 5.41 Å². The van der Waals surface area contributed by atoms with Crippen LogP contribution in [0.2, 0.25) is 0 Å². The average molecular weight is 526 g/mol. The zero-order valence-corrected chi connectivity index (χ0v) is 22.8. The fourth-order valence-electron chi connectivity index (χ4n) is 3.16. The van der Waals surface area contributed by atoms with E-state index in [1.54, 1.807) is 19.9 Å². The Morgan fingerprint density at radius 3 is 2.26 bits per heavy atom. The van der Waals surface area contributed by atoms with E-state index in [1.165, 1.54) is 55.0 Å². The number of pyridine rings is 1. The monoisotopic (exact) mass is 525 g/mol. The molecule has 204 valence electrons. The molecule has 2 aromatic carbocycles. The number of ketones is 1. The van der Waals surface area contributed by atoms with Crippen molar-refractivity contribution < 1.29 is 18.0 Å². The van der Waals surface area contributed by atoms with Gasteiger partial charge in [-0.1, -0.05) is 69.9 Å². The minimum absolute atomic E-state index is 0.153. The lowest BCUT2D eigenvalue weighted by atomic mass is 10.1. The number of carbonyl (C=O) groups is 1. The van der Waals surface area contributed by atoms with Crippen molar-refractivity contribution in [2.24, 2.45) is 0 Å². The first kappa shape index (κ1) is 32.3. The Kier molecular flexibility index (Phi) is 14.4. The van der Waals surface area contributed by atoms with Gasteiger partial charge in [0, 0.05) is 29.5 Å². The Morgan fingerprint density at radius 1 is 1.03 bits per heavy atom. The lowest BCUT2D eigenvalue weighted by Gasteiger charge is -2.08. The second kappa shape index (κ2) is 16.9. The van der Waals surface area contributed by atoms with Crippen molar-refractivity contribution in [2.75, 3.05) is 5.32 Å². The summed E-state index contributed by atoms with van der Waals surface area (Å²) in [5.74, 6) is -0.523. The van der Waals surface area contributed by atoms with Gasteiger partial charge in [-0.25, -0.2) is 0 Å². The van der Waals surface area contributed by atoms with Crippen LogP contribution in [0.3, 0.4) is 0 Å². The highest BCUT2D eigenvalue weighted by molar-refractivity contribution is 6.48. The van der Waals surface area contributed by atoms with E-state index in [1.807, 2.05) is 30.5 Å². The fourth-order valence-corrected chi connectivity index (χ4v) is 3.16. The molecule has 38 heavy (non-hydrogen) atoms. The smallest absolute Gasteiger partial charge is 0.362 e. The first-order valence-corrected chi connectivity index (χ1v) is 12.7. The van der Waals surface area contributed by atoms with Crippen molar-refractivity contribution in [3.63, 3.8) is 0 Å². The number of aryl methyl sites for hydroxylation is 1. The van der Waals surface area contributed by atoms with E-state index in [0.29, 0.717) is 5.57 Å². The SMILES string of the molecule is C/C=C(\C)C(=N)C(=O)/C=C\Nc1cccc(C(F)(F)F)c1.CCCCCC.Cc1ccnc2ccccc12. The Balaban J connectivity index is 0.000000349. The van der Waals surface area contributed by atoms with Crippen LogP contribution < -0.4 is 5.32 Å². The fraction of sp³-hybridized carbons (Fsp3) is 0.323. The highest BCUT2D eigenvalue weighted by Gasteiger charge is 2.30. The molecule has 1 aromatic heterocycles. The third-order valence-electron chi connectivity index (χ3n) is 5.57. The maximum atomic E-state index is 12.5. The number of para-hydroxylation sites is 1. The number of aromatic nitrogens is 1. The number of hydrogen-bond donors (Lipinski definition) is 2. The van der Waals surface area contributed by atoms with Gasteiger partial charge in [0.1, 0.15) is 5.71 Å². The highest BCUT2D eigenvalue weighted by atomic mass is 19.4. The Labute approximate surface area is 224 Å². The number of unbranched alkanes of at least 4 members (excludes halogenated alkanes) is 3. The molecule has 1 heterocycles. The van der Waals surface area contributed by atoms with Crippen LogP contribution in [0.4, 0.5) is 18.9 Å². The Morgan fingerprint density at radius 2 is 1.68 bits per heavy atom. The van der Waals surface area contributed by atoms with Crippen LogP contribution in [0.15, 0.2) is 84.7 Å². The summed E-state index contributed by atoms with van der Waals surface area (Å²) in [6.45, 7) is 9.91. The predicted octanol–water partition coefficient (Wildman–Crippen LogP) is 9.32. The Bertz CT molecular complexity index is 1220. The summed E-state index contributed by atoms with van der Waals surface area (Å²) in [5, 5.41) is 11.4. The van der Waals surface area contributed by atoms with Crippen molar-refractivity contribution in [2.45, 2.75) is 66.5 Å². The molecule has 0 unspecified atom stereocenters. The van der Waals surface area contributed by atoms with Crippen LogP contribution in [0.1, 0.15) is 64.5 Å². The zero-order chi connectivity index (χ0) is 28.6. The zero-order valence-electron chi connectivity index (χ0n) is 22.8. The predicted molar refractivity (Wildman–Crippen MR) is 153 cm³/mol. The lowest BCUT2D eigenvalue weighted by molar-refractivity contribution is -0.137. The summed E-state index contributed by atoms with van der Waals surface area (Å²) < 4.78 is 37.6. The van der Waals surface area contributed by atoms with Crippen molar-refractivity contribution in [1.29, 1.82) is 5.41 Å². The maximum absolute atomic E-state index is 12.5. The molecule has 2 N–H and O–H groups in total. The number of fused-ring (bicyclic) bond motifs is 1. The average Bonchev–Trinajstić information content (AvgIpc) is 2.91. The molecular formula is C31H38F3N3O. The molecule has 0 aliphatic rings. The number of rotatable bonds is 8. The molecule has 0 spiro atoms. The number of hydrogen-bond acceptors (Lipinski definition) is 4. The summed E-state index contributed by atoms with van der Waals surface area (Å²) in [4.78, 5) is 15.8. The van der Waals surface area contributed by atoms with E-state index < -0.39 is 17.5 Å². The number of nitrogens with zero attached hydrogens (tertiary/aromatic N) is 1. The van der Waals surface area contributed by atoms with Crippen LogP contribution in [0.25, 0.3) is 10.9 Å². The molecule has 7 heteroatoms. The first-order chi connectivity index (χ1) is 18.0. The molecule has 4 nitrogen and oxygen atoms in total. The van der Waals surface area contributed by atoms with E-state index >= 15 is 0 Å². The number of alkyl halides is 3. The largest absolute Gasteiger partial charge is 0.416 e. The molecule has 0 atom stereocenters. The van der Waals surface area contributed by atoms with Gasteiger partial charge in [0.05, 0.1) is 11.1 Å². The number of carbonyl (C=O) groups excluding carboxylic acids is 1. The van der Waals surface area contributed by atoms with Crippen LogP contribution in [0.5, 0.6) is 0 Å². The molecule has 0 bridgehead atoms. The van der Waals surface area contributed by atoms with Crippen LogP contribution in [-0.4, -0.2) is 16.5 Å². The minimum Gasteiger partial charge on any atom is -0.362 e. The molecule has 0 radical (unpaired) electrons. The van der Waals surface area contributed by atoms with Gasteiger partial charge in [-0.3, -0.25) is 15.2 Å². The van der Waals surface area contributed by atoms with Gasteiger partial charge in [0.2, 0.25) is 5.78 Å². The number of anilines is 1. The normalized spacial score (nSPS) is 11.3. The molecule has 3 aromatic rings. The molecule has 0 saturated carbocycles. The molecule has 0 aliphatic carbocycles. The van der Waals surface area contributed by atoms with Gasteiger partial charge >= 0.3 is 6.18 Å². The van der Waals surface area contributed by atoms with Gasteiger partial charge in [-0.05, 0) is 62.2 Å². The quantitative estimate of drug-likeness (QED) is 0.175. The van der Waals surface area contributed by atoms with Gasteiger partial charge < -0.3 is 5.32 Å². The number of allylic oxidation sites excluding steroid dienone is 3. The number of halogens is 3. The van der Waals surface area contributed by atoms with Gasteiger partial charge in [0.25, 0.3) is 0 Å². The summed E-state index contributed by atoms with van der Waals surface area (Å²) in [5.41, 5.74) is 2.18. The first-order valence-electron chi connectivity index (χ1n) is 12.7. The molecule has 3 rings (SSSR count). The third kappa shape index (κ3) is 11.5.